The van der Waals surface area contributed by atoms with Crippen molar-refractivity contribution in [1.82, 2.24) is 5.43 Å². The maximum absolute atomic E-state index is 13.3. The second-order valence-corrected chi connectivity index (χ2v) is 3.85. The first kappa shape index (κ1) is 13.7. The van der Waals surface area contributed by atoms with Gasteiger partial charge in [0.2, 0.25) is 0 Å². The minimum atomic E-state index is -0.787. The van der Waals surface area contributed by atoms with E-state index in [9.17, 15) is 18.7 Å². The Hall–Kier alpha value is -2.76. The number of hydrogen-bond donors (Lipinski definition) is 2. The van der Waals surface area contributed by atoms with Gasteiger partial charge in [-0.15, -0.1) is 0 Å². The summed E-state index contributed by atoms with van der Waals surface area (Å²) in [4.78, 5) is 11.7. The molecule has 0 radical (unpaired) electrons. The normalized spacial score (nSPS) is 10.7. The number of nitrogens with zero attached hydrogens (tertiary/aromatic N) is 1. The number of aromatic hydroxyl groups is 1. The number of phenolic OH excluding ortho intramolecular Hbond substituents is 1. The highest BCUT2D eigenvalue weighted by atomic mass is 19.1. The fourth-order valence-electron chi connectivity index (χ4n) is 1.52. The molecule has 20 heavy (non-hydrogen) atoms. The Morgan fingerprint density at radius 1 is 1.10 bits per heavy atom. The van der Waals surface area contributed by atoms with Crippen molar-refractivity contribution in [3.63, 3.8) is 0 Å². The van der Waals surface area contributed by atoms with Gasteiger partial charge in [-0.1, -0.05) is 18.2 Å². The highest BCUT2D eigenvalue weighted by Crippen LogP contribution is 2.15. The zero-order chi connectivity index (χ0) is 14.5. The number of nitrogens with one attached hydrogen (secondary N) is 1. The topological polar surface area (TPSA) is 61.7 Å². The van der Waals surface area contributed by atoms with Crippen LogP contribution in [0.15, 0.2) is 47.6 Å². The molecule has 0 saturated heterocycles. The minimum absolute atomic E-state index is 0.0126. The lowest BCUT2D eigenvalue weighted by molar-refractivity contribution is 0.0952. The second-order valence-electron chi connectivity index (χ2n) is 3.85. The predicted octanol–water partition coefficient (Wildman–Crippen LogP) is 2.43. The smallest absolute Gasteiger partial charge is 0.275 e. The SMILES string of the molecule is O=C(N/N=C/c1c(F)cccc1F)c1ccccc1O. The molecule has 1 amide bonds. The fraction of sp³-hybridized carbons (Fsp3) is 0. The van der Waals surface area contributed by atoms with E-state index in [2.05, 4.69) is 10.5 Å². The van der Waals surface area contributed by atoms with Crippen LogP contribution in [0.4, 0.5) is 8.78 Å². The molecule has 102 valence electrons. The third-order valence-electron chi connectivity index (χ3n) is 2.51. The number of rotatable bonds is 3. The van der Waals surface area contributed by atoms with Crippen molar-refractivity contribution in [2.45, 2.75) is 0 Å². The van der Waals surface area contributed by atoms with Crippen molar-refractivity contribution < 1.29 is 18.7 Å². The Morgan fingerprint density at radius 3 is 2.40 bits per heavy atom. The van der Waals surface area contributed by atoms with Gasteiger partial charge in [0, 0.05) is 0 Å². The third-order valence-corrected chi connectivity index (χ3v) is 2.51. The molecule has 2 aromatic carbocycles. The molecule has 0 aliphatic rings. The van der Waals surface area contributed by atoms with Gasteiger partial charge in [-0.25, -0.2) is 14.2 Å². The number of phenols is 1. The number of halogens is 2. The van der Waals surface area contributed by atoms with Crippen molar-refractivity contribution in [3.05, 3.63) is 65.2 Å². The average Bonchev–Trinajstić information content (AvgIpc) is 2.42. The Bertz CT molecular complexity index is 652. The molecule has 0 unspecified atom stereocenters. The number of amides is 1. The number of para-hydroxylation sites is 1. The van der Waals surface area contributed by atoms with Gasteiger partial charge in [0.25, 0.3) is 5.91 Å². The lowest BCUT2D eigenvalue weighted by Crippen LogP contribution is -2.17. The molecule has 6 heteroatoms. The largest absolute Gasteiger partial charge is 0.507 e. The summed E-state index contributed by atoms with van der Waals surface area (Å²) in [6.07, 6.45) is 0.864. The van der Waals surface area contributed by atoms with Crippen LogP contribution in [0.2, 0.25) is 0 Å². The van der Waals surface area contributed by atoms with Crippen LogP contribution in [0.5, 0.6) is 5.75 Å². The van der Waals surface area contributed by atoms with Gasteiger partial charge in [0.15, 0.2) is 0 Å². The molecule has 2 aromatic rings. The van der Waals surface area contributed by atoms with Crippen LogP contribution in [-0.4, -0.2) is 17.2 Å². The second kappa shape index (κ2) is 5.92. The summed E-state index contributed by atoms with van der Waals surface area (Å²) in [5.74, 6) is -2.47. The molecular formula is C14H10F2N2O2. The van der Waals surface area contributed by atoms with Crippen LogP contribution in [0.3, 0.4) is 0 Å². The van der Waals surface area contributed by atoms with Gasteiger partial charge in [0.05, 0.1) is 17.3 Å². The van der Waals surface area contributed by atoms with Gasteiger partial charge < -0.3 is 5.11 Å². The van der Waals surface area contributed by atoms with Gasteiger partial charge in [-0.3, -0.25) is 4.79 Å². The minimum Gasteiger partial charge on any atom is -0.507 e. The number of hydrogen-bond acceptors (Lipinski definition) is 3. The molecule has 0 atom stereocenters. The summed E-state index contributed by atoms with van der Waals surface area (Å²) >= 11 is 0. The summed E-state index contributed by atoms with van der Waals surface area (Å²) in [5, 5.41) is 12.9. The third kappa shape index (κ3) is 2.97. The van der Waals surface area contributed by atoms with E-state index in [0.29, 0.717) is 0 Å². The standard InChI is InChI=1S/C14H10F2N2O2/c15-11-5-3-6-12(16)10(11)8-17-18-14(20)9-4-1-2-7-13(9)19/h1-8,19H,(H,18,20)/b17-8+. The summed E-state index contributed by atoms with van der Waals surface area (Å²) in [6.45, 7) is 0. The van der Waals surface area contributed by atoms with Crippen molar-refractivity contribution in [2.75, 3.05) is 0 Å². The van der Waals surface area contributed by atoms with Crippen molar-refractivity contribution in [2.24, 2.45) is 5.10 Å². The first-order chi connectivity index (χ1) is 9.59. The molecule has 0 spiro atoms. The molecule has 0 bridgehead atoms. The van der Waals surface area contributed by atoms with Crippen molar-refractivity contribution >= 4 is 12.1 Å². The maximum Gasteiger partial charge on any atom is 0.275 e. The monoisotopic (exact) mass is 276 g/mol. The fourth-order valence-corrected chi connectivity index (χ4v) is 1.52. The predicted molar refractivity (Wildman–Crippen MR) is 69.5 cm³/mol. The van der Waals surface area contributed by atoms with E-state index in [0.717, 1.165) is 18.3 Å². The molecule has 0 heterocycles. The van der Waals surface area contributed by atoms with Crippen LogP contribution in [0.1, 0.15) is 15.9 Å². The highest BCUT2D eigenvalue weighted by Gasteiger charge is 2.09. The lowest BCUT2D eigenvalue weighted by atomic mass is 10.2. The summed E-state index contributed by atoms with van der Waals surface area (Å²) in [7, 11) is 0. The molecule has 0 aliphatic carbocycles. The summed E-state index contributed by atoms with van der Waals surface area (Å²) in [5.41, 5.74) is 1.74. The molecule has 2 rings (SSSR count). The van der Waals surface area contributed by atoms with Gasteiger partial charge in [0.1, 0.15) is 17.4 Å². The molecule has 0 aromatic heterocycles. The number of carbonyl (C=O) groups excluding carboxylic acids is 1. The van der Waals surface area contributed by atoms with Gasteiger partial charge in [-0.05, 0) is 24.3 Å². The van der Waals surface area contributed by atoms with E-state index in [-0.39, 0.29) is 16.9 Å². The number of carbonyl (C=O) groups is 1. The lowest BCUT2D eigenvalue weighted by Gasteiger charge is -2.02. The van der Waals surface area contributed by atoms with Crippen molar-refractivity contribution in [1.29, 1.82) is 0 Å². The van der Waals surface area contributed by atoms with E-state index >= 15 is 0 Å². The van der Waals surface area contributed by atoms with E-state index in [1.807, 2.05) is 0 Å². The average molecular weight is 276 g/mol. The molecule has 4 nitrogen and oxygen atoms in total. The molecule has 0 fully saturated rings. The number of benzene rings is 2. The first-order valence-electron chi connectivity index (χ1n) is 5.65. The zero-order valence-electron chi connectivity index (χ0n) is 10.2. The van der Waals surface area contributed by atoms with Gasteiger partial charge >= 0.3 is 0 Å². The van der Waals surface area contributed by atoms with Crippen LogP contribution in [-0.2, 0) is 0 Å². The van der Waals surface area contributed by atoms with Crippen LogP contribution in [0.25, 0.3) is 0 Å². The van der Waals surface area contributed by atoms with E-state index in [1.54, 1.807) is 12.1 Å². The maximum atomic E-state index is 13.3. The summed E-state index contributed by atoms with van der Waals surface area (Å²) < 4.78 is 26.6. The van der Waals surface area contributed by atoms with E-state index < -0.39 is 17.5 Å². The quantitative estimate of drug-likeness (QED) is 0.668. The Labute approximate surface area is 113 Å². The van der Waals surface area contributed by atoms with Crippen LogP contribution < -0.4 is 5.43 Å². The first-order valence-corrected chi connectivity index (χ1v) is 5.65. The van der Waals surface area contributed by atoms with Gasteiger partial charge in [-0.2, -0.15) is 5.10 Å². The van der Waals surface area contributed by atoms with Crippen LogP contribution >= 0.6 is 0 Å². The molecule has 2 N–H and O–H groups in total. The number of hydrazone groups is 1. The van der Waals surface area contributed by atoms with Crippen molar-refractivity contribution in [3.8, 4) is 5.75 Å². The van der Waals surface area contributed by atoms with Crippen LogP contribution in [0, 0.1) is 11.6 Å². The molecule has 0 saturated carbocycles. The Kier molecular flexibility index (Phi) is 4.05. The molecular weight excluding hydrogens is 266 g/mol. The Balaban J connectivity index is 2.11. The van der Waals surface area contributed by atoms with E-state index in [1.165, 1.54) is 18.2 Å². The zero-order valence-corrected chi connectivity index (χ0v) is 10.2. The highest BCUT2D eigenvalue weighted by molar-refractivity contribution is 5.97. The molecule has 0 aliphatic heterocycles. The Morgan fingerprint density at radius 2 is 1.75 bits per heavy atom. The summed E-state index contributed by atoms with van der Waals surface area (Å²) in [6, 6.07) is 9.24. The van der Waals surface area contributed by atoms with E-state index in [4.69, 9.17) is 0 Å².